The van der Waals surface area contributed by atoms with Crippen molar-refractivity contribution in [2.45, 2.75) is 102 Å². The third-order valence-corrected chi connectivity index (χ3v) is 7.77. The first kappa shape index (κ1) is 25.0. The summed E-state index contributed by atoms with van der Waals surface area (Å²) in [5, 5.41) is 11.7. The van der Waals surface area contributed by atoms with Gasteiger partial charge in [-0.15, -0.1) is 5.06 Å². The molecule has 1 amide bonds. The number of hydroxylamine groups is 2. The summed E-state index contributed by atoms with van der Waals surface area (Å²) in [5.41, 5.74) is 7.85. The van der Waals surface area contributed by atoms with Gasteiger partial charge in [0, 0.05) is 43.8 Å². The fourth-order valence-electron chi connectivity index (χ4n) is 5.64. The van der Waals surface area contributed by atoms with Crippen LogP contribution >= 0.6 is 0 Å². The van der Waals surface area contributed by atoms with Crippen molar-refractivity contribution in [3.63, 3.8) is 0 Å². The quantitative estimate of drug-likeness (QED) is 0.430. The molecule has 11 nitrogen and oxygen atoms in total. The van der Waals surface area contributed by atoms with Crippen molar-refractivity contribution in [1.82, 2.24) is 29.9 Å². The minimum atomic E-state index is -0.377. The van der Waals surface area contributed by atoms with Crippen LogP contribution in [0.1, 0.15) is 83.6 Å². The molecule has 2 aromatic heterocycles. The number of amides is 1. The molecule has 2 saturated carbocycles. The molecular formula is C25H41N9O2. The summed E-state index contributed by atoms with van der Waals surface area (Å²) in [6, 6.07) is 1.33. The molecule has 2 aliphatic carbocycles. The molecule has 0 radical (unpaired) electrons. The van der Waals surface area contributed by atoms with E-state index in [-0.39, 0.29) is 12.1 Å². The first-order chi connectivity index (χ1) is 17.6. The van der Waals surface area contributed by atoms with Crippen LogP contribution in [0.3, 0.4) is 0 Å². The second-order valence-corrected chi connectivity index (χ2v) is 10.6. The van der Waals surface area contributed by atoms with E-state index in [1.807, 2.05) is 13.3 Å². The number of imidazole rings is 1. The first-order valence-corrected chi connectivity index (χ1v) is 13.8. The molecule has 198 valence electrons. The monoisotopic (exact) mass is 499 g/mol. The Morgan fingerprint density at radius 2 is 1.75 bits per heavy atom. The third kappa shape index (κ3) is 6.00. The molecule has 11 heteroatoms. The highest BCUT2D eigenvalue weighted by Gasteiger charge is 2.26. The van der Waals surface area contributed by atoms with Crippen LogP contribution in [-0.4, -0.2) is 68.4 Å². The van der Waals surface area contributed by atoms with Crippen molar-refractivity contribution in [2.24, 2.45) is 5.73 Å². The van der Waals surface area contributed by atoms with Gasteiger partial charge < -0.3 is 31.1 Å². The van der Waals surface area contributed by atoms with Gasteiger partial charge in [-0.25, -0.2) is 9.78 Å². The topological polar surface area (TPSA) is 135 Å². The average molecular weight is 500 g/mol. The lowest BCUT2D eigenvalue weighted by Crippen LogP contribution is -2.42. The van der Waals surface area contributed by atoms with E-state index in [0.29, 0.717) is 43.7 Å². The highest BCUT2D eigenvalue weighted by molar-refractivity contribution is 5.84. The minimum Gasteiger partial charge on any atom is -0.365 e. The number of hydrogen-bond acceptors (Lipinski definition) is 9. The summed E-state index contributed by atoms with van der Waals surface area (Å²) >= 11 is 0. The van der Waals surface area contributed by atoms with Gasteiger partial charge in [-0.1, -0.05) is 19.8 Å². The van der Waals surface area contributed by atoms with E-state index in [2.05, 4.69) is 20.5 Å². The summed E-state index contributed by atoms with van der Waals surface area (Å²) in [4.78, 5) is 31.9. The molecule has 1 aliphatic heterocycles. The van der Waals surface area contributed by atoms with Crippen molar-refractivity contribution in [1.29, 1.82) is 0 Å². The number of nitrogens with one attached hydrogen (secondary N) is 3. The van der Waals surface area contributed by atoms with Crippen molar-refractivity contribution >= 4 is 29.0 Å². The Labute approximate surface area is 212 Å². The van der Waals surface area contributed by atoms with Crippen LogP contribution in [-0.2, 0) is 4.84 Å². The normalized spacial score (nSPS) is 24.2. The number of piperidine rings is 1. The maximum atomic E-state index is 11.9. The molecule has 0 atom stereocenters. The SMILES string of the molecule is CCCNC(=O)ON1CCC(Nc2nc(NC3CCC(N)CC3)nc3c2ncn3C2CCCC2)CC1. The summed E-state index contributed by atoms with van der Waals surface area (Å²) in [7, 11) is 0. The van der Waals surface area contributed by atoms with E-state index in [9.17, 15) is 4.79 Å². The lowest BCUT2D eigenvalue weighted by molar-refractivity contribution is -0.112. The van der Waals surface area contributed by atoms with Gasteiger partial charge in [-0.3, -0.25) is 0 Å². The molecule has 2 aromatic rings. The number of nitrogens with two attached hydrogens (primary N) is 1. The fourth-order valence-corrected chi connectivity index (χ4v) is 5.64. The molecule has 3 heterocycles. The zero-order chi connectivity index (χ0) is 24.9. The van der Waals surface area contributed by atoms with E-state index >= 15 is 0 Å². The number of anilines is 2. The van der Waals surface area contributed by atoms with Crippen LogP contribution in [0.4, 0.5) is 16.6 Å². The minimum absolute atomic E-state index is 0.221. The highest BCUT2D eigenvalue weighted by atomic mass is 16.7. The standard InChI is InChI=1S/C25H41N9O2/c1-2-13-27-25(35)36-33-14-11-19(12-15-33)29-22-21-23(34(16-28-21)20-5-3-4-6-20)32-24(31-22)30-18-9-7-17(26)8-10-18/h16-20H,2-15,26H2,1H3,(H,27,35)(H2,29,30,31,32). The summed E-state index contributed by atoms with van der Waals surface area (Å²) in [6.45, 7) is 3.99. The van der Waals surface area contributed by atoms with Gasteiger partial charge >= 0.3 is 6.09 Å². The second kappa shape index (κ2) is 11.6. The number of rotatable bonds is 8. The van der Waals surface area contributed by atoms with Crippen LogP contribution in [0.2, 0.25) is 0 Å². The molecule has 1 saturated heterocycles. The molecule has 5 N–H and O–H groups in total. The van der Waals surface area contributed by atoms with Gasteiger partial charge in [0.2, 0.25) is 5.95 Å². The molecule has 3 aliphatic rings. The van der Waals surface area contributed by atoms with Crippen molar-refractivity contribution in [3.8, 4) is 0 Å². The number of carbonyl (C=O) groups excluding carboxylic acids is 1. The fraction of sp³-hybridized carbons (Fsp3) is 0.760. The van der Waals surface area contributed by atoms with E-state index < -0.39 is 0 Å². The molecule has 0 unspecified atom stereocenters. The molecule has 0 aromatic carbocycles. The molecule has 5 rings (SSSR count). The first-order valence-electron chi connectivity index (χ1n) is 13.8. The van der Waals surface area contributed by atoms with E-state index in [4.69, 9.17) is 25.5 Å². The smallest absolute Gasteiger partial charge is 0.365 e. The Balaban J connectivity index is 1.29. The number of nitrogens with zero attached hydrogens (tertiary/aromatic N) is 5. The van der Waals surface area contributed by atoms with Gasteiger partial charge in [-0.05, 0) is 57.8 Å². The van der Waals surface area contributed by atoms with Crippen LogP contribution in [0.25, 0.3) is 11.2 Å². The number of carbonyl (C=O) groups is 1. The number of fused-ring (bicyclic) bond motifs is 1. The van der Waals surface area contributed by atoms with Gasteiger partial charge in [0.25, 0.3) is 0 Å². The maximum absolute atomic E-state index is 11.9. The second-order valence-electron chi connectivity index (χ2n) is 10.6. The van der Waals surface area contributed by atoms with Crippen molar-refractivity contribution in [2.75, 3.05) is 30.3 Å². The number of hydrogen-bond donors (Lipinski definition) is 4. The predicted molar refractivity (Wildman–Crippen MR) is 140 cm³/mol. The summed E-state index contributed by atoms with van der Waals surface area (Å²) < 4.78 is 2.25. The Morgan fingerprint density at radius 3 is 2.47 bits per heavy atom. The van der Waals surface area contributed by atoms with Crippen molar-refractivity contribution < 1.29 is 9.63 Å². The largest absolute Gasteiger partial charge is 0.426 e. The van der Waals surface area contributed by atoms with Gasteiger partial charge in [-0.2, -0.15) is 9.97 Å². The predicted octanol–water partition coefficient (Wildman–Crippen LogP) is 3.55. The van der Waals surface area contributed by atoms with Crippen molar-refractivity contribution in [3.05, 3.63) is 6.33 Å². The van der Waals surface area contributed by atoms with Gasteiger partial charge in [0.1, 0.15) is 0 Å². The molecule has 0 bridgehead atoms. The summed E-state index contributed by atoms with van der Waals surface area (Å²) in [6.07, 6.45) is 13.1. The zero-order valence-electron chi connectivity index (χ0n) is 21.4. The molecule has 36 heavy (non-hydrogen) atoms. The van der Waals surface area contributed by atoms with Gasteiger partial charge in [0.05, 0.1) is 6.33 Å². The van der Waals surface area contributed by atoms with Gasteiger partial charge in [0.15, 0.2) is 17.0 Å². The van der Waals surface area contributed by atoms with Crippen LogP contribution in [0, 0.1) is 0 Å². The van der Waals surface area contributed by atoms with Crippen LogP contribution < -0.4 is 21.7 Å². The molecular weight excluding hydrogens is 458 g/mol. The van der Waals surface area contributed by atoms with Crippen LogP contribution in [0.5, 0.6) is 0 Å². The zero-order valence-corrected chi connectivity index (χ0v) is 21.4. The van der Waals surface area contributed by atoms with E-state index in [0.717, 1.165) is 61.9 Å². The van der Waals surface area contributed by atoms with E-state index in [1.165, 1.54) is 25.7 Å². The lowest BCUT2D eigenvalue weighted by atomic mass is 9.92. The summed E-state index contributed by atoms with van der Waals surface area (Å²) in [5.74, 6) is 1.45. The highest BCUT2D eigenvalue weighted by Crippen LogP contribution is 2.33. The number of aromatic nitrogens is 4. The Bertz CT molecular complexity index is 1010. The van der Waals surface area contributed by atoms with E-state index in [1.54, 1.807) is 5.06 Å². The third-order valence-electron chi connectivity index (χ3n) is 7.77. The van der Waals surface area contributed by atoms with Crippen LogP contribution in [0.15, 0.2) is 6.33 Å². The Hall–Kier alpha value is -2.66. The molecule has 0 spiro atoms. The lowest BCUT2D eigenvalue weighted by Gasteiger charge is -2.31. The maximum Gasteiger partial charge on any atom is 0.426 e. The Kier molecular flexibility index (Phi) is 8.05. The molecule has 3 fully saturated rings. The average Bonchev–Trinajstić information content (AvgIpc) is 3.55. The Morgan fingerprint density at radius 1 is 1.03 bits per heavy atom.